The maximum absolute atomic E-state index is 12.8. The highest BCUT2D eigenvalue weighted by molar-refractivity contribution is 5.71. The van der Waals surface area contributed by atoms with Gasteiger partial charge in [0.2, 0.25) is 0 Å². The van der Waals surface area contributed by atoms with Crippen LogP contribution in [0.3, 0.4) is 0 Å². The lowest BCUT2D eigenvalue weighted by molar-refractivity contribution is -0.166. The van der Waals surface area contributed by atoms with Gasteiger partial charge in [-0.15, -0.1) is 0 Å². The van der Waals surface area contributed by atoms with Gasteiger partial charge in [0, 0.05) is 19.3 Å². The Morgan fingerprint density at radius 3 is 0.985 bits per heavy atom. The highest BCUT2D eigenvalue weighted by Gasteiger charge is 2.19. The number of carbonyl (C=O) groups excluding carboxylic acids is 3. The van der Waals surface area contributed by atoms with Gasteiger partial charge in [-0.05, 0) is 96.3 Å². The van der Waals surface area contributed by atoms with E-state index in [9.17, 15) is 14.4 Å². The van der Waals surface area contributed by atoms with Gasteiger partial charge in [-0.1, -0.05) is 226 Å². The van der Waals surface area contributed by atoms with Crippen molar-refractivity contribution in [2.24, 2.45) is 0 Å². The first-order valence-corrected chi connectivity index (χ1v) is 26.9. The fraction of sp³-hybridized carbons (Fsp3) is 0.650. The van der Waals surface area contributed by atoms with Crippen LogP contribution in [0.5, 0.6) is 0 Å². The van der Waals surface area contributed by atoms with Crippen LogP contribution in [0.2, 0.25) is 0 Å². The summed E-state index contributed by atoms with van der Waals surface area (Å²) in [5.41, 5.74) is 0. The van der Waals surface area contributed by atoms with Crippen molar-refractivity contribution in [2.75, 3.05) is 13.2 Å². The molecule has 0 aromatic rings. The maximum atomic E-state index is 12.8. The van der Waals surface area contributed by atoms with Gasteiger partial charge in [0.05, 0.1) is 0 Å². The number of unbranched alkanes of at least 4 members (excludes halogenated alkanes) is 18. The molecule has 66 heavy (non-hydrogen) atoms. The van der Waals surface area contributed by atoms with E-state index in [1.807, 2.05) is 12.2 Å². The molecule has 0 fully saturated rings. The van der Waals surface area contributed by atoms with E-state index in [1.54, 1.807) is 0 Å². The van der Waals surface area contributed by atoms with Gasteiger partial charge in [0.15, 0.2) is 6.10 Å². The average molecular weight is 915 g/mol. The number of esters is 3. The maximum Gasteiger partial charge on any atom is 0.306 e. The van der Waals surface area contributed by atoms with Crippen molar-refractivity contribution in [3.8, 4) is 0 Å². The number of hydrogen-bond donors (Lipinski definition) is 0. The van der Waals surface area contributed by atoms with Crippen LogP contribution >= 0.6 is 0 Å². The Morgan fingerprint density at radius 1 is 0.303 bits per heavy atom. The molecule has 0 saturated heterocycles. The van der Waals surface area contributed by atoms with Crippen LogP contribution in [0.25, 0.3) is 0 Å². The van der Waals surface area contributed by atoms with Crippen LogP contribution < -0.4 is 0 Å². The monoisotopic (exact) mass is 915 g/mol. The van der Waals surface area contributed by atoms with Gasteiger partial charge in [-0.3, -0.25) is 14.4 Å². The third-order valence-corrected chi connectivity index (χ3v) is 11.0. The Balaban J connectivity index is 4.59. The Hall–Kier alpha value is -3.93. The zero-order valence-electron chi connectivity index (χ0n) is 42.7. The summed E-state index contributed by atoms with van der Waals surface area (Å²) in [4.78, 5) is 38.0. The molecule has 6 heteroatoms. The highest BCUT2D eigenvalue weighted by atomic mass is 16.6. The molecule has 0 spiro atoms. The molecule has 0 aliphatic rings. The highest BCUT2D eigenvalue weighted by Crippen LogP contribution is 2.13. The Morgan fingerprint density at radius 2 is 0.591 bits per heavy atom. The van der Waals surface area contributed by atoms with Crippen LogP contribution in [0, 0.1) is 0 Å². The molecule has 0 N–H and O–H groups in total. The van der Waals surface area contributed by atoms with Crippen LogP contribution in [0.15, 0.2) is 109 Å². The topological polar surface area (TPSA) is 78.9 Å². The normalized spacial score (nSPS) is 13.0. The van der Waals surface area contributed by atoms with E-state index >= 15 is 0 Å². The number of rotatable bonds is 47. The van der Waals surface area contributed by atoms with E-state index in [-0.39, 0.29) is 44.0 Å². The van der Waals surface area contributed by atoms with Gasteiger partial charge in [-0.2, -0.15) is 0 Å². The summed E-state index contributed by atoms with van der Waals surface area (Å²) in [6.45, 7) is 6.46. The van der Waals surface area contributed by atoms with Crippen molar-refractivity contribution in [2.45, 2.75) is 239 Å². The van der Waals surface area contributed by atoms with Crippen LogP contribution in [-0.2, 0) is 28.6 Å². The molecule has 0 saturated carbocycles. The Kier molecular flexibility index (Phi) is 50.5. The second kappa shape index (κ2) is 53.7. The van der Waals surface area contributed by atoms with Crippen LogP contribution in [-0.4, -0.2) is 37.2 Å². The number of allylic oxidation sites excluding steroid dienone is 18. The van der Waals surface area contributed by atoms with Gasteiger partial charge < -0.3 is 14.2 Å². The molecule has 0 rings (SSSR count). The van der Waals surface area contributed by atoms with Gasteiger partial charge >= 0.3 is 17.9 Å². The fourth-order valence-corrected chi connectivity index (χ4v) is 6.95. The SMILES string of the molecule is CCCCC/C=C\C/C=C\C/C=C\C/C=C\C/C=C\CCC(=O)OC[C@H](COC(=O)CCCCCCCCCCCCCC)OC(=O)CCC/C=C\C/C=C\C/C=C\C/C=C\CCCCC. The first-order valence-electron chi connectivity index (χ1n) is 26.9. The quantitative estimate of drug-likeness (QED) is 0.0262. The first-order chi connectivity index (χ1) is 32.5. The fourth-order valence-electron chi connectivity index (χ4n) is 6.95. The summed E-state index contributed by atoms with van der Waals surface area (Å²) in [7, 11) is 0. The largest absolute Gasteiger partial charge is 0.462 e. The van der Waals surface area contributed by atoms with Crippen molar-refractivity contribution in [1.82, 2.24) is 0 Å². The van der Waals surface area contributed by atoms with Crippen LogP contribution in [0.4, 0.5) is 0 Å². The molecule has 0 aliphatic carbocycles. The van der Waals surface area contributed by atoms with Gasteiger partial charge in [-0.25, -0.2) is 0 Å². The number of carbonyl (C=O) groups is 3. The van der Waals surface area contributed by atoms with E-state index < -0.39 is 6.10 Å². The van der Waals surface area contributed by atoms with E-state index in [1.165, 1.54) is 109 Å². The first kappa shape index (κ1) is 62.1. The van der Waals surface area contributed by atoms with Gasteiger partial charge in [0.1, 0.15) is 13.2 Å². The van der Waals surface area contributed by atoms with E-state index in [0.29, 0.717) is 19.3 Å². The Bertz CT molecular complexity index is 1370. The summed E-state index contributed by atoms with van der Waals surface area (Å²) in [5, 5.41) is 0. The third-order valence-electron chi connectivity index (χ3n) is 11.0. The van der Waals surface area contributed by atoms with Crippen molar-refractivity contribution in [3.05, 3.63) is 109 Å². The zero-order valence-corrected chi connectivity index (χ0v) is 42.7. The zero-order chi connectivity index (χ0) is 47.9. The molecule has 1 atom stereocenters. The summed E-state index contributed by atoms with van der Waals surface area (Å²) in [6.07, 6.45) is 72.3. The minimum atomic E-state index is -0.836. The van der Waals surface area contributed by atoms with Crippen molar-refractivity contribution in [1.29, 1.82) is 0 Å². The van der Waals surface area contributed by atoms with Crippen molar-refractivity contribution in [3.63, 3.8) is 0 Å². The standard InChI is InChI=1S/C60H98O6/c1-4-7-10-13-16-19-22-25-27-29-30-32-33-35-38-41-44-47-50-53-59(62)65-56-57(55-64-58(61)52-49-46-43-40-37-24-21-18-15-12-9-6-3)66-60(63)54-51-48-45-42-39-36-34-31-28-26-23-20-17-14-11-8-5-2/h16-17,19-20,25-28,30,32,34-36,38,42,44-45,47,57H,4-15,18,21-24,29,31,33,37,39-41,43,46,48-56H2,1-3H3/b19-16-,20-17-,27-25-,28-26-,32-30-,36-34-,38-35-,45-42-,47-44-/t57-/m0/s1. The molecule has 0 bridgehead atoms. The predicted octanol–water partition coefficient (Wildman–Crippen LogP) is 17.9. The second-order valence-corrected chi connectivity index (χ2v) is 17.4. The van der Waals surface area contributed by atoms with Gasteiger partial charge in [0.25, 0.3) is 0 Å². The van der Waals surface area contributed by atoms with Crippen molar-refractivity contribution < 1.29 is 28.6 Å². The summed E-state index contributed by atoms with van der Waals surface area (Å²) >= 11 is 0. The minimum Gasteiger partial charge on any atom is -0.462 e. The number of ether oxygens (including phenoxy) is 3. The molecule has 0 radical (unpaired) electrons. The molecular formula is C60H98O6. The molecule has 0 aromatic heterocycles. The van der Waals surface area contributed by atoms with Crippen LogP contribution in [0.1, 0.15) is 233 Å². The molecule has 0 amide bonds. The lowest BCUT2D eigenvalue weighted by Gasteiger charge is -2.18. The molecule has 0 heterocycles. The molecule has 374 valence electrons. The lowest BCUT2D eigenvalue weighted by Crippen LogP contribution is -2.30. The molecule has 6 nitrogen and oxygen atoms in total. The smallest absolute Gasteiger partial charge is 0.306 e. The van der Waals surface area contributed by atoms with Crippen molar-refractivity contribution >= 4 is 17.9 Å². The summed E-state index contributed by atoms with van der Waals surface area (Å²) in [5.74, 6) is -1.07. The predicted molar refractivity (Wildman–Crippen MR) is 283 cm³/mol. The molecule has 0 aliphatic heterocycles. The lowest BCUT2D eigenvalue weighted by atomic mass is 10.0. The summed E-state index contributed by atoms with van der Waals surface area (Å²) in [6, 6.07) is 0. The van der Waals surface area contributed by atoms with E-state index in [2.05, 4.69) is 118 Å². The van der Waals surface area contributed by atoms with E-state index in [0.717, 1.165) is 70.6 Å². The minimum absolute atomic E-state index is 0.123. The second-order valence-electron chi connectivity index (χ2n) is 17.4. The molecule has 0 unspecified atom stereocenters. The third kappa shape index (κ3) is 51.1. The summed E-state index contributed by atoms with van der Waals surface area (Å²) < 4.78 is 16.7. The average Bonchev–Trinajstić information content (AvgIpc) is 3.31. The molecule has 0 aromatic carbocycles. The number of hydrogen-bond acceptors (Lipinski definition) is 6. The molecular weight excluding hydrogens is 817 g/mol. The Labute approximate surface area is 406 Å². The van der Waals surface area contributed by atoms with E-state index in [4.69, 9.17) is 14.2 Å².